The number of carboxylic acids is 1. The summed E-state index contributed by atoms with van der Waals surface area (Å²) in [5, 5.41) is 16.4. The maximum atomic E-state index is 14.6. The van der Waals surface area contributed by atoms with Gasteiger partial charge in [0.05, 0.1) is 24.9 Å². The van der Waals surface area contributed by atoms with Gasteiger partial charge in [-0.05, 0) is 44.7 Å². The van der Waals surface area contributed by atoms with Crippen LogP contribution in [0.25, 0.3) is 22.2 Å². The van der Waals surface area contributed by atoms with Crippen molar-refractivity contribution in [1.29, 1.82) is 0 Å². The van der Waals surface area contributed by atoms with Crippen molar-refractivity contribution in [3.63, 3.8) is 0 Å². The first-order valence-corrected chi connectivity index (χ1v) is 17.1. The minimum absolute atomic E-state index is 0.0140. The van der Waals surface area contributed by atoms with Crippen molar-refractivity contribution in [2.24, 2.45) is 11.3 Å². The lowest BCUT2D eigenvalue weighted by molar-refractivity contribution is -0.146. The number of methoxy groups -OCH3 is 1. The standard InChI is InChI=1S/C39H49N5O7/c1-10-24-21-39(24,35(47)48)42-33(45)30-19-26(22-44(30)34(46)32(37(2,3)4)41-36(49)43(8)38(5,6)7)51-31-20-28(23-14-12-11-13-15-23)40-29-18-25(50-9)16-17-27(29)31/h10-18,20,24,26,30,32H,1,19,21-22H2,2-9H3,(H,41,49)(H,42,45)(H,47,48)/t24-,26-,30+,32-,39-/m1/s1. The number of urea groups is 1. The quantitative estimate of drug-likeness (QED) is 0.243. The molecule has 0 radical (unpaired) electrons. The third-order valence-electron chi connectivity index (χ3n) is 9.91. The highest BCUT2D eigenvalue weighted by atomic mass is 16.5. The van der Waals surface area contributed by atoms with Crippen LogP contribution >= 0.6 is 0 Å². The van der Waals surface area contributed by atoms with Crippen LogP contribution in [-0.4, -0.2) is 93.7 Å². The molecule has 51 heavy (non-hydrogen) atoms. The van der Waals surface area contributed by atoms with Gasteiger partial charge in [0.1, 0.15) is 35.2 Å². The molecule has 2 fully saturated rings. The number of benzene rings is 2. The molecule has 5 atom stereocenters. The summed E-state index contributed by atoms with van der Waals surface area (Å²) < 4.78 is 12.1. The second-order valence-corrected chi connectivity index (χ2v) is 15.5. The number of nitrogens with zero attached hydrogens (tertiary/aromatic N) is 3. The zero-order valence-corrected chi connectivity index (χ0v) is 30.6. The van der Waals surface area contributed by atoms with Crippen LogP contribution < -0.4 is 20.1 Å². The van der Waals surface area contributed by atoms with Crippen molar-refractivity contribution in [1.82, 2.24) is 25.4 Å². The van der Waals surface area contributed by atoms with E-state index in [2.05, 4.69) is 17.2 Å². The summed E-state index contributed by atoms with van der Waals surface area (Å²) in [6.45, 7) is 14.9. The van der Waals surface area contributed by atoms with E-state index in [9.17, 15) is 24.3 Å². The molecule has 0 unspecified atom stereocenters. The van der Waals surface area contributed by atoms with E-state index in [-0.39, 0.29) is 19.4 Å². The van der Waals surface area contributed by atoms with Crippen LogP contribution in [0.15, 0.2) is 67.3 Å². The lowest BCUT2D eigenvalue weighted by atomic mass is 9.85. The van der Waals surface area contributed by atoms with Gasteiger partial charge in [0, 0.05) is 48.0 Å². The fourth-order valence-corrected chi connectivity index (χ4v) is 6.37. The van der Waals surface area contributed by atoms with E-state index in [4.69, 9.17) is 14.5 Å². The van der Waals surface area contributed by atoms with Crippen molar-refractivity contribution in [2.75, 3.05) is 20.7 Å². The molecule has 1 aromatic heterocycles. The molecule has 1 aliphatic heterocycles. The zero-order valence-electron chi connectivity index (χ0n) is 30.6. The molecule has 272 valence electrons. The summed E-state index contributed by atoms with van der Waals surface area (Å²) in [6.07, 6.45) is 1.14. The molecule has 1 aliphatic carbocycles. The zero-order chi connectivity index (χ0) is 37.5. The van der Waals surface area contributed by atoms with Crippen molar-refractivity contribution >= 4 is 34.7 Å². The lowest BCUT2D eigenvalue weighted by Gasteiger charge is -2.38. The number of fused-ring (bicyclic) bond motifs is 1. The molecule has 2 aromatic carbocycles. The molecule has 1 saturated heterocycles. The topological polar surface area (TPSA) is 150 Å². The van der Waals surface area contributed by atoms with Crippen molar-refractivity contribution in [2.45, 2.75) is 83.6 Å². The fourth-order valence-electron chi connectivity index (χ4n) is 6.37. The number of carboxylic acid groups (broad SMARTS) is 1. The Labute approximate surface area is 299 Å². The van der Waals surface area contributed by atoms with Gasteiger partial charge >= 0.3 is 12.0 Å². The smallest absolute Gasteiger partial charge is 0.330 e. The van der Waals surface area contributed by atoms with Crippen LogP contribution in [-0.2, 0) is 14.4 Å². The van der Waals surface area contributed by atoms with Gasteiger partial charge < -0.3 is 35.0 Å². The Bertz CT molecular complexity index is 1830. The second-order valence-electron chi connectivity index (χ2n) is 15.5. The molecule has 12 heteroatoms. The van der Waals surface area contributed by atoms with Gasteiger partial charge in [-0.3, -0.25) is 9.59 Å². The van der Waals surface area contributed by atoms with Crippen LogP contribution in [0.2, 0.25) is 0 Å². The van der Waals surface area contributed by atoms with Crippen molar-refractivity contribution in [3.8, 4) is 22.8 Å². The Morgan fingerprint density at radius 1 is 1.08 bits per heavy atom. The largest absolute Gasteiger partial charge is 0.497 e. The van der Waals surface area contributed by atoms with Gasteiger partial charge in [0.15, 0.2) is 0 Å². The highest BCUT2D eigenvalue weighted by Crippen LogP contribution is 2.45. The third kappa shape index (κ3) is 7.64. The molecule has 2 aliphatic rings. The first-order valence-electron chi connectivity index (χ1n) is 17.1. The summed E-state index contributed by atoms with van der Waals surface area (Å²) in [6, 6.07) is 14.4. The van der Waals surface area contributed by atoms with Gasteiger partial charge in [0.25, 0.3) is 0 Å². The highest BCUT2D eigenvalue weighted by Gasteiger charge is 2.61. The highest BCUT2D eigenvalue weighted by molar-refractivity contribution is 5.96. The van der Waals surface area contributed by atoms with Crippen molar-refractivity contribution in [3.05, 3.63) is 67.3 Å². The maximum Gasteiger partial charge on any atom is 0.330 e. The minimum atomic E-state index is -1.50. The molecule has 4 amide bonds. The minimum Gasteiger partial charge on any atom is -0.497 e. The van der Waals surface area contributed by atoms with Crippen LogP contribution in [0.1, 0.15) is 54.4 Å². The number of carbonyl (C=O) groups excluding carboxylic acids is 3. The lowest BCUT2D eigenvalue weighted by Crippen LogP contribution is -2.61. The molecular formula is C39H49N5O7. The molecule has 12 nitrogen and oxygen atoms in total. The van der Waals surface area contributed by atoms with E-state index in [1.54, 1.807) is 14.2 Å². The SMILES string of the molecule is C=C[C@@H]1C[C@]1(NC(=O)[C@@H]1C[C@@H](Oc2cc(-c3ccccc3)nc3cc(OC)ccc23)CN1C(=O)[C@@H](NC(=O)N(C)C(C)(C)C)C(C)(C)C)C(=O)O. The number of pyridine rings is 1. The number of aromatic nitrogens is 1. The van der Waals surface area contributed by atoms with Crippen LogP contribution in [0, 0.1) is 11.3 Å². The second kappa shape index (κ2) is 13.9. The van der Waals surface area contributed by atoms with Crippen LogP contribution in [0.3, 0.4) is 0 Å². The number of rotatable bonds is 10. The van der Waals surface area contributed by atoms with Gasteiger partial charge in [-0.25, -0.2) is 14.6 Å². The Hall–Kier alpha value is -5.13. The number of ether oxygens (including phenoxy) is 2. The first-order chi connectivity index (χ1) is 23.9. The average Bonchev–Trinajstić information content (AvgIpc) is 3.64. The third-order valence-corrected chi connectivity index (χ3v) is 9.91. The molecule has 3 aromatic rings. The summed E-state index contributed by atoms with van der Waals surface area (Å²) in [5.74, 6) is -1.56. The van der Waals surface area contributed by atoms with Crippen molar-refractivity contribution < 1.29 is 33.8 Å². The van der Waals surface area contributed by atoms with Gasteiger partial charge in [-0.2, -0.15) is 0 Å². The number of aliphatic carboxylic acids is 1. The van der Waals surface area contributed by atoms with E-state index >= 15 is 0 Å². The molecule has 2 heterocycles. The first kappa shape index (κ1) is 37.1. The maximum absolute atomic E-state index is 14.6. The number of hydrogen-bond donors (Lipinski definition) is 3. The summed E-state index contributed by atoms with van der Waals surface area (Å²) in [7, 11) is 3.24. The van der Waals surface area contributed by atoms with E-state index in [0.717, 1.165) is 5.56 Å². The summed E-state index contributed by atoms with van der Waals surface area (Å²) >= 11 is 0. The van der Waals surface area contributed by atoms with Gasteiger partial charge in [-0.15, -0.1) is 6.58 Å². The Morgan fingerprint density at radius 2 is 1.76 bits per heavy atom. The summed E-state index contributed by atoms with van der Waals surface area (Å²) in [5.41, 5.74) is -0.586. The predicted octanol–water partition coefficient (Wildman–Crippen LogP) is 5.26. The Morgan fingerprint density at radius 3 is 2.33 bits per heavy atom. The van der Waals surface area contributed by atoms with E-state index in [1.165, 1.54) is 15.9 Å². The monoisotopic (exact) mass is 699 g/mol. The van der Waals surface area contributed by atoms with E-state index < -0.39 is 64.4 Å². The molecule has 3 N–H and O–H groups in total. The summed E-state index contributed by atoms with van der Waals surface area (Å²) in [4.78, 5) is 62.1. The Kier molecular flexibility index (Phi) is 10.1. The molecule has 1 saturated carbocycles. The van der Waals surface area contributed by atoms with E-state index in [0.29, 0.717) is 28.1 Å². The molecular weight excluding hydrogens is 650 g/mol. The van der Waals surface area contributed by atoms with E-state index in [1.807, 2.05) is 96.1 Å². The van der Waals surface area contributed by atoms with Crippen LogP contribution in [0.4, 0.5) is 4.79 Å². The number of amides is 4. The number of hydrogen-bond acceptors (Lipinski definition) is 7. The average molecular weight is 700 g/mol. The normalized spacial score (nSPS) is 22.1. The number of carbonyl (C=O) groups is 4. The number of nitrogens with one attached hydrogen (secondary N) is 2. The molecule has 0 spiro atoms. The number of likely N-dealkylation sites (tertiary alicyclic amines) is 1. The Balaban J connectivity index is 1.52. The van der Waals surface area contributed by atoms with Gasteiger partial charge in [-0.1, -0.05) is 57.2 Å². The van der Waals surface area contributed by atoms with Gasteiger partial charge in [0.2, 0.25) is 11.8 Å². The molecule has 5 rings (SSSR count). The predicted molar refractivity (Wildman–Crippen MR) is 194 cm³/mol. The molecule has 0 bridgehead atoms. The fraction of sp³-hybridized carbons (Fsp3) is 0.462. The van der Waals surface area contributed by atoms with Crippen LogP contribution in [0.5, 0.6) is 11.5 Å².